The average Bonchev–Trinajstić information content (AvgIpc) is 1.81. The molecule has 0 bridgehead atoms. The van der Waals surface area contributed by atoms with Gasteiger partial charge in [-0.05, 0) is 36.5 Å². The Bertz CT molecular complexity index is 2480. The molecule has 7 aliphatic heterocycles. The van der Waals surface area contributed by atoms with Gasteiger partial charge in [-0.25, -0.2) is 9.59 Å². The van der Waals surface area contributed by atoms with E-state index in [4.69, 9.17) is 75.3 Å². The van der Waals surface area contributed by atoms with E-state index in [-0.39, 0.29) is 118 Å². The van der Waals surface area contributed by atoms with Crippen LogP contribution in [0.2, 0.25) is 0 Å². The highest BCUT2D eigenvalue weighted by atomic mass is 35.5. The minimum Gasteiger partial charge on any atom is -0.550 e. The van der Waals surface area contributed by atoms with Crippen molar-refractivity contribution in [2.24, 2.45) is 0 Å². The number of likely N-dealkylation sites (N-methyl/N-ethyl adjacent to an activating group) is 3. The number of esters is 6. The molecule has 0 aromatic heterocycles. The van der Waals surface area contributed by atoms with E-state index >= 15 is 0 Å². The van der Waals surface area contributed by atoms with Gasteiger partial charge in [-0.2, -0.15) is 0 Å². The van der Waals surface area contributed by atoms with Crippen LogP contribution in [0.1, 0.15) is 51.4 Å². The van der Waals surface area contributed by atoms with Crippen molar-refractivity contribution in [1.29, 1.82) is 0 Å². The monoisotopic (exact) mass is 1520 g/mol. The molecule has 7 heterocycles. The van der Waals surface area contributed by atoms with E-state index in [0.29, 0.717) is 56.1 Å². The molecule has 0 radical (unpaired) electrons. The maximum atomic E-state index is 10.4. The van der Waals surface area contributed by atoms with Crippen LogP contribution < -0.4 is 35.7 Å². The third-order valence-electron chi connectivity index (χ3n) is 9.90. The van der Waals surface area contributed by atoms with Crippen molar-refractivity contribution in [3.8, 4) is 0 Å². The van der Waals surface area contributed by atoms with E-state index in [0.717, 1.165) is 39.8 Å². The normalized spacial score (nSPS) is 19.1. The van der Waals surface area contributed by atoms with Gasteiger partial charge in [0.1, 0.15) is 51.7 Å². The topological polar surface area (TPSA) is 593 Å². The number of allylic oxidation sites excluding steroid dienone is 1. The summed E-state index contributed by atoms with van der Waals surface area (Å²) < 4.78 is 33.7. The lowest BCUT2D eigenvalue weighted by atomic mass is 10.1. The summed E-state index contributed by atoms with van der Waals surface area (Å²) in [6.07, 6.45) is 9.34. The third-order valence-corrected chi connectivity index (χ3v) is 10.8. The number of alkyl halides is 3. The van der Waals surface area contributed by atoms with Crippen molar-refractivity contribution in [3.05, 3.63) is 60.8 Å². The van der Waals surface area contributed by atoms with E-state index in [1.807, 2.05) is 42.3 Å². The molecular formula is C61H94Cl3N3O34-4. The number of carbonyl (C=O) groups excluding carboxylic acids is 13. The van der Waals surface area contributed by atoms with Crippen molar-refractivity contribution in [2.75, 3.05) is 147 Å². The fraction of sp³-hybridized carbons (Fsp3) is 0.623. The van der Waals surface area contributed by atoms with E-state index in [1.54, 1.807) is 18.2 Å². The number of carboxylic acids is 7. The largest absolute Gasteiger partial charge is 0.550 e. The van der Waals surface area contributed by atoms with E-state index in [9.17, 15) is 98.1 Å². The van der Waals surface area contributed by atoms with Crippen LogP contribution in [-0.2, 0) is 95.5 Å². The van der Waals surface area contributed by atoms with E-state index in [1.165, 1.54) is 18.2 Å². The molecule has 0 aliphatic carbocycles. The first kappa shape index (κ1) is 104. The standard InChI is InChI=1S/C7H15NO3.C7H14NO2.C7H13NO2.C4H7ClO3.2C4H5ClO2.C4H8O4.4C4H6O3.2C4H4O2/c1-8(2,3)5-6(9)4-7(10)11;1-8(2,3)5-6-4-7(9)10-6;1-8(2,3)6-4-5-7(9)10;5-2-3(6)1-4(7)8;5-2-3-1-4(6)7-3;5-3-1-2-4(6)7;5-2-3(6)1-4(7)8;5-4(6)1-3-2-7-3;2*5-3-1-4(6)7-2-3;5-3-1-2-4(6)7;2*5-4-2-1-3-6-4/h6,9H,4-5H2,1-3H3;6H,4-5H2,1-3H3;4-5H,6H2,1-3H3;3,6H,1-2H2,(H,7,8);3H,1-2H2;1-2H,3H2,(H,6,7);3,5-6H,1-2H2,(H,7,8);3H,1-2H2,(H,5,6);2*3,5H,1-2H2;1-2,5H,3H2,(H,6,7);2*1-2H,3H2/q;+1;;;;;;;;;;;/p-5/b;;5-4+;;;2-1+;;;;;2-1+;;/t2*6-;;2*3-;;3-;;;;;;/m11.11.1....../s1. The Morgan fingerprint density at radius 3 is 1.06 bits per heavy atom. The molecule has 5 saturated heterocycles. The number of carbonyl (C=O) groups is 13. The molecular weight excluding hydrogens is 1430 g/mol. The number of carboxylic acid groups (broad SMARTS) is 7. The van der Waals surface area contributed by atoms with Crippen molar-refractivity contribution < 1.29 is 180 Å². The van der Waals surface area contributed by atoms with Crippen LogP contribution in [0.5, 0.6) is 0 Å². The quantitative estimate of drug-likeness (QED) is 0.0132. The fourth-order valence-corrected chi connectivity index (χ4v) is 6.06. The molecule has 101 heavy (non-hydrogen) atoms. The number of aliphatic carboxylic acids is 7. The summed E-state index contributed by atoms with van der Waals surface area (Å²) in [6.45, 7) is 3.12. The molecule has 0 spiro atoms. The summed E-state index contributed by atoms with van der Waals surface area (Å²) in [4.78, 5) is 128. The number of hydrogen-bond acceptors (Lipinski definition) is 34. The van der Waals surface area contributed by atoms with Gasteiger partial charge in [-0.3, -0.25) is 19.2 Å². The van der Waals surface area contributed by atoms with Gasteiger partial charge in [-0.15, -0.1) is 34.8 Å². The first-order valence-electron chi connectivity index (χ1n) is 29.7. The van der Waals surface area contributed by atoms with Gasteiger partial charge in [0.25, 0.3) is 0 Å². The number of hydrogen-bond donors (Lipinski definition) is 7. The lowest BCUT2D eigenvalue weighted by Crippen LogP contribution is -2.48. The molecule has 0 aromatic rings. The van der Waals surface area contributed by atoms with Gasteiger partial charge in [0.05, 0.1) is 170 Å². The highest BCUT2D eigenvalue weighted by Crippen LogP contribution is 2.16. The molecule has 0 saturated carbocycles. The van der Waals surface area contributed by atoms with Crippen molar-refractivity contribution in [1.82, 2.24) is 0 Å². The lowest BCUT2D eigenvalue weighted by molar-refractivity contribution is -0.874. The molecule has 40 heteroatoms. The van der Waals surface area contributed by atoms with Crippen LogP contribution in [-0.4, -0.2) is 323 Å². The summed E-state index contributed by atoms with van der Waals surface area (Å²) in [7, 11) is 17.9. The molecule has 5 fully saturated rings. The molecule has 0 aromatic carbocycles. The number of nitrogens with zero attached hydrogens (tertiary/aromatic N) is 3. The van der Waals surface area contributed by atoms with Crippen LogP contribution in [0.4, 0.5) is 0 Å². The first-order valence-corrected chi connectivity index (χ1v) is 31.3. The first-order chi connectivity index (χ1) is 46.5. The van der Waals surface area contributed by atoms with Gasteiger partial charge in [0.2, 0.25) is 0 Å². The predicted molar refractivity (Wildman–Crippen MR) is 336 cm³/mol. The van der Waals surface area contributed by atoms with Crippen LogP contribution in [0.25, 0.3) is 0 Å². The van der Waals surface area contributed by atoms with Gasteiger partial charge < -0.3 is 152 Å². The second-order valence-corrected chi connectivity index (χ2v) is 24.3. The fourth-order valence-electron chi connectivity index (χ4n) is 5.69. The number of aliphatic hydroxyl groups is 7. The highest BCUT2D eigenvalue weighted by Gasteiger charge is 2.33. The van der Waals surface area contributed by atoms with Gasteiger partial charge in [0.15, 0.2) is 6.10 Å². The lowest BCUT2D eigenvalue weighted by Gasteiger charge is -2.32. The molecule has 7 N–H and O–H groups in total. The Labute approximate surface area is 598 Å². The minimum atomic E-state index is -1.36. The zero-order valence-electron chi connectivity index (χ0n) is 57.4. The van der Waals surface area contributed by atoms with Crippen LogP contribution in [0, 0.1) is 0 Å². The smallest absolute Gasteiger partial charge is 0.330 e. The Balaban J connectivity index is -0.000000243. The number of quaternary nitrogens is 3. The molecule has 7 rings (SSSR count). The molecule has 582 valence electrons. The summed E-state index contributed by atoms with van der Waals surface area (Å²) in [5.74, 6) is -9.14. The van der Waals surface area contributed by atoms with Gasteiger partial charge in [0, 0.05) is 73.5 Å². The minimum absolute atomic E-state index is 0.00849. The number of halogens is 3. The zero-order valence-corrected chi connectivity index (χ0v) is 59.6. The number of ether oxygens (including phenoxy) is 7. The Morgan fingerprint density at radius 2 is 0.891 bits per heavy atom. The van der Waals surface area contributed by atoms with Crippen molar-refractivity contribution in [2.45, 2.75) is 100 Å². The zero-order chi connectivity index (χ0) is 79.5. The van der Waals surface area contributed by atoms with E-state index < -0.39 is 85.3 Å². The predicted octanol–water partition coefficient (Wildman–Crippen LogP) is -10.9. The maximum Gasteiger partial charge on any atom is 0.330 e. The highest BCUT2D eigenvalue weighted by molar-refractivity contribution is 6.19. The Morgan fingerprint density at radius 1 is 0.505 bits per heavy atom. The maximum absolute atomic E-state index is 10.4. The molecule has 7 aliphatic rings. The number of epoxide rings is 1. The number of rotatable bonds is 22. The summed E-state index contributed by atoms with van der Waals surface area (Å²) in [6, 6.07) is 0. The second kappa shape index (κ2) is 62.1. The Hall–Kier alpha value is -7.76. The molecule has 8 atom stereocenters. The SMILES string of the molecule is C[N+](C)(C)C/C=C/C(=O)[O-].C[N+](C)(C)C[C@H](O)CC(=O)[O-].C[N+](C)(C)C[C@H]1CC(=O)O1.O=C([O-])/C=C/CCl.O=C([O-])/C=C/CO.O=C([O-])CC1CO1.O=C([O-])C[C@@H](O)CCl.O=C([O-])C[C@@H](O)CO.O=C1C=CCO1.O=C1C=CCO1.O=C1CC(O)CO1.O=C1CC(O)CO1.O=C1C[C@H](CCl)O1. The van der Waals surface area contributed by atoms with Crippen molar-refractivity contribution >= 4 is 112 Å². The molecule has 37 nitrogen and oxygen atoms in total. The van der Waals surface area contributed by atoms with E-state index in [2.05, 4.69) is 49.6 Å². The second-order valence-electron chi connectivity index (χ2n) is 23.4. The van der Waals surface area contributed by atoms with Gasteiger partial charge in [-0.1, -0.05) is 12.2 Å². The van der Waals surface area contributed by atoms with Crippen LogP contribution in [0.3, 0.4) is 0 Å². The third kappa shape index (κ3) is 92.2. The van der Waals surface area contributed by atoms with Crippen LogP contribution >= 0.6 is 34.8 Å². The summed E-state index contributed by atoms with van der Waals surface area (Å²) >= 11 is 15.4. The summed E-state index contributed by atoms with van der Waals surface area (Å²) in [5.41, 5.74) is 0. The summed E-state index contributed by atoms with van der Waals surface area (Å²) in [5, 5.41) is 127. The van der Waals surface area contributed by atoms with Crippen molar-refractivity contribution in [3.63, 3.8) is 0 Å². The number of cyclic esters (lactones) is 6. The number of aliphatic hydroxyl groups excluding tert-OH is 7. The molecule has 0 amide bonds. The van der Waals surface area contributed by atoms with Crippen LogP contribution in [0.15, 0.2) is 60.8 Å². The average molecular weight is 1520 g/mol. The van der Waals surface area contributed by atoms with Gasteiger partial charge >= 0.3 is 35.8 Å². The Kier molecular flexibility index (Phi) is 64.0. The molecule has 3 unspecified atom stereocenters.